The molecule has 0 aliphatic carbocycles. The highest BCUT2D eigenvalue weighted by Gasteiger charge is 2.34. The zero-order chi connectivity index (χ0) is 20.6. The van der Waals surface area contributed by atoms with E-state index in [0.29, 0.717) is 16.1 Å². The van der Waals surface area contributed by atoms with Crippen LogP contribution in [0, 0.1) is 6.92 Å². The van der Waals surface area contributed by atoms with E-state index in [1.807, 2.05) is 0 Å². The number of hydrogen-bond acceptors (Lipinski definition) is 4. The smallest absolute Gasteiger partial charge is 0.372 e. The molecular weight excluding hydrogens is 433 g/mol. The molecular formula is C16H16BrF3N4O3. The molecule has 0 atom stereocenters. The number of alkyl halides is 3. The standard InChI is InChI=1S/C16H16BrF3N4O3/c1-7-4-8(17)5-9(13(25)22-15(2,3)27)12(7)21-14(26)10-6-11(24-23-10)16(18,19)20/h4-6,27H,1-3H3,(H,21,26)(H,22,25)(H,23,24). The molecule has 7 nitrogen and oxygen atoms in total. The van der Waals surface area contributed by atoms with Crippen molar-refractivity contribution in [3.8, 4) is 0 Å². The summed E-state index contributed by atoms with van der Waals surface area (Å²) < 4.78 is 38.5. The topological polar surface area (TPSA) is 107 Å². The minimum absolute atomic E-state index is 0.0175. The number of aromatic nitrogens is 2. The fourth-order valence-electron chi connectivity index (χ4n) is 2.19. The number of aromatic amines is 1. The van der Waals surface area contributed by atoms with Gasteiger partial charge in [0.2, 0.25) is 0 Å². The number of nitrogens with zero attached hydrogens (tertiary/aromatic N) is 1. The van der Waals surface area contributed by atoms with Gasteiger partial charge in [-0.05, 0) is 38.5 Å². The first-order valence-electron chi connectivity index (χ1n) is 7.57. The summed E-state index contributed by atoms with van der Waals surface area (Å²) in [6.07, 6.45) is -4.67. The Kier molecular flexibility index (Phi) is 5.66. The van der Waals surface area contributed by atoms with Gasteiger partial charge in [-0.1, -0.05) is 15.9 Å². The van der Waals surface area contributed by atoms with Crippen molar-refractivity contribution >= 4 is 33.4 Å². The lowest BCUT2D eigenvalue weighted by atomic mass is 10.1. The highest BCUT2D eigenvalue weighted by Crippen LogP contribution is 2.29. The van der Waals surface area contributed by atoms with Gasteiger partial charge in [0.05, 0.1) is 11.3 Å². The van der Waals surface area contributed by atoms with Crippen LogP contribution in [-0.2, 0) is 6.18 Å². The molecule has 0 bridgehead atoms. The van der Waals surface area contributed by atoms with E-state index >= 15 is 0 Å². The van der Waals surface area contributed by atoms with Crippen LogP contribution in [0.25, 0.3) is 0 Å². The summed E-state index contributed by atoms with van der Waals surface area (Å²) in [6, 6.07) is 3.59. The molecule has 1 heterocycles. The molecule has 2 aromatic rings. The highest BCUT2D eigenvalue weighted by atomic mass is 79.9. The molecule has 0 radical (unpaired) electrons. The van der Waals surface area contributed by atoms with E-state index in [-0.39, 0.29) is 11.3 Å². The fourth-order valence-corrected chi connectivity index (χ4v) is 2.77. The minimum atomic E-state index is -4.67. The normalized spacial score (nSPS) is 12.0. The maximum absolute atomic E-state index is 12.6. The van der Waals surface area contributed by atoms with Crippen molar-refractivity contribution in [1.29, 1.82) is 0 Å². The van der Waals surface area contributed by atoms with E-state index in [4.69, 9.17) is 0 Å². The van der Waals surface area contributed by atoms with Gasteiger partial charge in [0, 0.05) is 10.5 Å². The fraction of sp³-hybridized carbons (Fsp3) is 0.312. The molecule has 0 aliphatic rings. The Labute approximate surface area is 160 Å². The second-order valence-corrected chi connectivity index (χ2v) is 7.19. The van der Waals surface area contributed by atoms with Crippen molar-refractivity contribution in [3.05, 3.63) is 45.2 Å². The van der Waals surface area contributed by atoms with Crippen molar-refractivity contribution in [2.24, 2.45) is 0 Å². The molecule has 27 heavy (non-hydrogen) atoms. The van der Waals surface area contributed by atoms with Crippen LogP contribution in [0.3, 0.4) is 0 Å². The van der Waals surface area contributed by atoms with E-state index in [1.165, 1.54) is 19.9 Å². The number of carbonyl (C=O) groups is 2. The quantitative estimate of drug-likeness (QED) is 0.538. The van der Waals surface area contributed by atoms with Gasteiger partial charge in [-0.2, -0.15) is 18.3 Å². The molecule has 0 fully saturated rings. The molecule has 0 unspecified atom stereocenters. The van der Waals surface area contributed by atoms with Crippen molar-refractivity contribution in [2.45, 2.75) is 32.7 Å². The number of H-pyrrole nitrogens is 1. The molecule has 0 saturated carbocycles. The number of aliphatic hydroxyl groups is 1. The molecule has 2 rings (SSSR count). The average molecular weight is 449 g/mol. The summed E-state index contributed by atoms with van der Waals surface area (Å²) in [5, 5.41) is 19.6. The molecule has 4 N–H and O–H groups in total. The van der Waals surface area contributed by atoms with Crippen LogP contribution in [0.1, 0.15) is 46.0 Å². The number of anilines is 1. The Morgan fingerprint density at radius 1 is 1.19 bits per heavy atom. The lowest BCUT2D eigenvalue weighted by molar-refractivity contribution is -0.141. The molecule has 0 spiro atoms. The molecule has 0 aliphatic heterocycles. The third kappa shape index (κ3) is 5.30. The Bertz CT molecular complexity index is 888. The largest absolute Gasteiger partial charge is 0.432 e. The van der Waals surface area contributed by atoms with Crippen molar-refractivity contribution < 1.29 is 27.9 Å². The van der Waals surface area contributed by atoms with E-state index < -0.39 is 35.1 Å². The number of hydrogen-bond donors (Lipinski definition) is 4. The van der Waals surface area contributed by atoms with E-state index in [1.54, 1.807) is 18.1 Å². The number of aryl methyl sites for hydroxylation is 1. The van der Waals surface area contributed by atoms with E-state index in [9.17, 15) is 27.9 Å². The monoisotopic (exact) mass is 448 g/mol. The Balaban J connectivity index is 2.36. The Morgan fingerprint density at radius 2 is 1.81 bits per heavy atom. The van der Waals surface area contributed by atoms with Crippen LogP contribution in [0.2, 0.25) is 0 Å². The van der Waals surface area contributed by atoms with Gasteiger partial charge >= 0.3 is 6.18 Å². The summed E-state index contributed by atoms with van der Waals surface area (Å²) in [7, 11) is 0. The molecule has 2 amide bonds. The first kappa shape index (κ1) is 20.9. The number of benzene rings is 1. The predicted octanol–water partition coefficient (Wildman–Crippen LogP) is 3.21. The highest BCUT2D eigenvalue weighted by molar-refractivity contribution is 9.10. The van der Waals surface area contributed by atoms with Crippen molar-refractivity contribution in [3.63, 3.8) is 0 Å². The second-order valence-electron chi connectivity index (χ2n) is 6.28. The van der Waals surface area contributed by atoms with Crippen molar-refractivity contribution in [1.82, 2.24) is 15.5 Å². The average Bonchev–Trinajstić information content (AvgIpc) is 2.97. The van der Waals surface area contributed by atoms with Gasteiger partial charge < -0.3 is 15.7 Å². The van der Waals surface area contributed by atoms with Gasteiger partial charge in [0.15, 0.2) is 5.69 Å². The van der Waals surface area contributed by atoms with E-state index in [2.05, 4.69) is 31.7 Å². The minimum Gasteiger partial charge on any atom is -0.372 e. The summed E-state index contributed by atoms with van der Waals surface area (Å²) in [6.45, 7) is 4.32. The Hall–Kier alpha value is -2.40. The lowest BCUT2D eigenvalue weighted by Gasteiger charge is -2.21. The number of rotatable bonds is 4. The first-order valence-corrected chi connectivity index (χ1v) is 8.36. The molecule has 146 valence electrons. The molecule has 1 aromatic carbocycles. The third-order valence-corrected chi connectivity index (χ3v) is 3.78. The van der Waals surface area contributed by atoms with Crippen LogP contribution in [-0.4, -0.2) is 32.8 Å². The molecule has 0 saturated heterocycles. The van der Waals surface area contributed by atoms with Crippen LogP contribution >= 0.6 is 15.9 Å². The zero-order valence-corrected chi connectivity index (χ0v) is 16.0. The molecule has 11 heteroatoms. The number of halogens is 4. The number of carbonyl (C=O) groups excluding carboxylic acids is 2. The Morgan fingerprint density at radius 3 is 2.33 bits per heavy atom. The second kappa shape index (κ2) is 7.31. The SMILES string of the molecule is Cc1cc(Br)cc(C(=O)NC(C)(C)O)c1NC(=O)c1cc(C(F)(F)F)[nH]n1. The molecule has 1 aromatic heterocycles. The number of amides is 2. The first-order chi connectivity index (χ1) is 12.3. The lowest BCUT2D eigenvalue weighted by Crippen LogP contribution is -2.43. The summed E-state index contributed by atoms with van der Waals surface area (Å²) in [5.74, 6) is -1.61. The summed E-state index contributed by atoms with van der Waals surface area (Å²) >= 11 is 3.23. The van der Waals surface area contributed by atoms with Crippen LogP contribution in [0.4, 0.5) is 18.9 Å². The van der Waals surface area contributed by atoms with Gasteiger partial charge in [-0.25, -0.2) is 0 Å². The summed E-state index contributed by atoms with van der Waals surface area (Å²) in [4.78, 5) is 24.7. The zero-order valence-electron chi connectivity index (χ0n) is 14.5. The van der Waals surface area contributed by atoms with Crippen LogP contribution in [0.15, 0.2) is 22.7 Å². The van der Waals surface area contributed by atoms with Gasteiger partial charge in [0.25, 0.3) is 11.8 Å². The van der Waals surface area contributed by atoms with Crippen LogP contribution < -0.4 is 10.6 Å². The maximum Gasteiger partial charge on any atom is 0.432 e. The maximum atomic E-state index is 12.6. The van der Waals surface area contributed by atoms with Crippen molar-refractivity contribution in [2.75, 3.05) is 5.32 Å². The predicted molar refractivity (Wildman–Crippen MR) is 94.2 cm³/mol. The van der Waals surface area contributed by atoms with Crippen LogP contribution in [0.5, 0.6) is 0 Å². The number of nitrogens with one attached hydrogen (secondary N) is 3. The van der Waals surface area contributed by atoms with Gasteiger partial charge in [-0.15, -0.1) is 0 Å². The summed E-state index contributed by atoms with van der Waals surface area (Å²) in [5.41, 5.74) is -2.59. The van der Waals surface area contributed by atoms with Gasteiger partial charge in [-0.3, -0.25) is 14.7 Å². The van der Waals surface area contributed by atoms with E-state index in [0.717, 1.165) is 0 Å². The third-order valence-electron chi connectivity index (χ3n) is 3.32. The van der Waals surface area contributed by atoms with Gasteiger partial charge in [0.1, 0.15) is 11.4 Å².